The first-order chi connectivity index (χ1) is 12.0. The number of benzene rings is 1. The first kappa shape index (κ1) is 16.8. The lowest BCUT2D eigenvalue weighted by atomic mass is 10.2. The van der Waals surface area contributed by atoms with Crippen LogP contribution in [0.2, 0.25) is 5.02 Å². The number of hydrogen-bond acceptors (Lipinski definition) is 4. The molecule has 0 radical (unpaired) electrons. The number of hydrogen-bond donors (Lipinski definition) is 2. The Morgan fingerprint density at radius 2 is 2.04 bits per heavy atom. The van der Waals surface area contributed by atoms with Gasteiger partial charge in [0.25, 0.3) is 11.8 Å². The van der Waals surface area contributed by atoms with E-state index in [4.69, 9.17) is 16.0 Å². The molecule has 25 heavy (non-hydrogen) atoms. The molecule has 0 fully saturated rings. The summed E-state index contributed by atoms with van der Waals surface area (Å²) in [5.41, 5.74) is 1.07. The normalized spacial score (nSPS) is 10.5. The summed E-state index contributed by atoms with van der Waals surface area (Å²) in [6.45, 7) is 0.323. The predicted octanol–water partition coefficient (Wildman–Crippen LogP) is 2.85. The monoisotopic (exact) mass is 358 g/mol. The molecule has 8 heteroatoms. The molecule has 2 heterocycles. The van der Waals surface area contributed by atoms with E-state index in [2.05, 4.69) is 15.7 Å². The average Bonchev–Trinajstić information content (AvgIpc) is 3.23. The van der Waals surface area contributed by atoms with E-state index in [1.54, 1.807) is 31.3 Å². The quantitative estimate of drug-likeness (QED) is 0.734. The number of nitrogens with one attached hydrogen (secondary N) is 2. The molecular formula is C17H15ClN4O3. The molecule has 7 nitrogen and oxygen atoms in total. The standard InChI is InChI=1S/C17H15ClN4O3/c1-22-15(20-17(24)14-6-3-7-25-14)9-13(21-22)16(23)19-10-11-4-2-5-12(18)8-11/h2-9H,10H2,1H3,(H,19,23)(H,20,24). The molecule has 3 aromatic rings. The molecule has 0 spiro atoms. The summed E-state index contributed by atoms with van der Waals surface area (Å²) < 4.78 is 6.44. The average molecular weight is 359 g/mol. The number of halogens is 1. The summed E-state index contributed by atoms with van der Waals surface area (Å²) in [6, 6.07) is 11.9. The number of nitrogens with zero attached hydrogens (tertiary/aromatic N) is 2. The van der Waals surface area contributed by atoms with Crippen LogP contribution in [0.3, 0.4) is 0 Å². The van der Waals surface area contributed by atoms with Crippen molar-refractivity contribution < 1.29 is 14.0 Å². The molecule has 128 valence electrons. The van der Waals surface area contributed by atoms with E-state index in [1.165, 1.54) is 17.0 Å². The van der Waals surface area contributed by atoms with Gasteiger partial charge in [-0.15, -0.1) is 0 Å². The summed E-state index contributed by atoms with van der Waals surface area (Å²) in [5.74, 6) is -0.213. The molecule has 0 saturated heterocycles. The number of anilines is 1. The second kappa shape index (κ2) is 7.23. The van der Waals surface area contributed by atoms with E-state index in [9.17, 15) is 9.59 Å². The van der Waals surface area contributed by atoms with Gasteiger partial charge in [-0.05, 0) is 29.8 Å². The number of aryl methyl sites for hydroxylation is 1. The summed E-state index contributed by atoms with van der Waals surface area (Å²) >= 11 is 5.92. The van der Waals surface area contributed by atoms with Crippen molar-refractivity contribution in [3.63, 3.8) is 0 Å². The maximum absolute atomic E-state index is 12.2. The van der Waals surface area contributed by atoms with Crippen LogP contribution >= 0.6 is 11.6 Å². The Balaban J connectivity index is 1.65. The van der Waals surface area contributed by atoms with E-state index in [1.807, 2.05) is 12.1 Å². The Hall–Kier alpha value is -3.06. The van der Waals surface area contributed by atoms with Gasteiger partial charge in [0, 0.05) is 24.7 Å². The maximum Gasteiger partial charge on any atom is 0.292 e. The minimum atomic E-state index is -0.418. The lowest BCUT2D eigenvalue weighted by Crippen LogP contribution is -2.23. The highest BCUT2D eigenvalue weighted by Crippen LogP contribution is 2.13. The van der Waals surface area contributed by atoms with Crippen molar-refractivity contribution in [2.75, 3.05) is 5.32 Å². The number of rotatable bonds is 5. The van der Waals surface area contributed by atoms with Crippen LogP contribution in [0.5, 0.6) is 0 Å². The second-order valence-corrected chi connectivity index (χ2v) is 5.72. The first-order valence-electron chi connectivity index (χ1n) is 7.44. The van der Waals surface area contributed by atoms with Gasteiger partial charge in [0.05, 0.1) is 6.26 Å². The van der Waals surface area contributed by atoms with Gasteiger partial charge >= 0.3 is 0 Å². The van der Waals surface area contributed by atoms with Crippen LogP contribution in [0, 0.1) is 0 Å². The Labute approximate surface area is 148 Å². The summed E-state index contributed by atoms with van der Waals surface area (Å²) in [4.78, 5) is 24.2. The summed E-state index contributed by atoms with van der Waals surface area (Å²) in [5, 5.41) is 10.1. The molecule has 0 unspecified atom stereocenters. The van der Waals surface area contributed by atoms with Crippen LogP contribution in [-0.4, -0.2) is 21.6 Å². The minimum Gasteiger partial charge on any atom is -0.459 e. The minimum absolute atomic E-state index is 0.174. The van der Waals surface area contributed by atoms with Crippen LogP contribution < -0.4 is 10.6 Å². The van der Waals surface area contributed by atoms with Crippen LogP contribution in [0.15, 0.2) is 53.1 Å². The zero-order valence-corrected chi connectivity index (χ0v) is 14.1. The molecule has 2 amide bonds. The molecule has 0 bridgehead atoms. The van der Waals surface area contributed by atoms with Gasteiger partial charge in [-0.1, -0.05) is 23.7 Å². The highest BCUT2D eigenvalue weighted by molar-refractivity contribution is 6.30. The van der Waals surface area contributed by atoms with Gasteiger partial charge in [-0.25, -0.2) is 0 Å². The number of furan rings is 1. The largest absolute Gasteiger partial charge is 0.459 e. The summed E-state index contributed by atoms with van der Waals surface area (Å²) in [7, 11) is 1.63. The van der Waals surface area contributed by atoms with Crippen molar-refractivity contribution in [1.82, 2.24) is 15.1 Å². The number of carbonyl (C=O) groups is 2. The zero-order chi connectivity index (χ0) is 17.8. The van der Waals surface area contributed by atoms with E-state index >= 15 is 0 Å². The molecular weight excluding hydrogens is 344 g/mol. The third-order valence-electron chi connectivity index (χ3n) is 3.44. The van der Waals surface area contributed by atoms with Gasteiger partial charge in [0.2, 0.25) is 0 Å². The van der Waals surface area contributed by atoms with Crippen molar-refractivity contribution in [2.45, 2.75) is 6.54 Å². The molecule has 1 aromatic carbocycles. The van der Waals surface area contributed by atoms with Gasteiger partial charge in [0.15, 0.2) is 11.5 Å². The van der Waals surface area contributed by atoms with E-state index in [0.717, 1.165) is 5.56 Å². The topological polar surface area (TPSA) is 89.2 Å². The van der Waals surface area contributed by atoms with Crippen LogP contribution in [0.25, 0.3) is 0 Å². The predicted molar refractivity (Wildman–Crippen MR) is 92.5 cm³/mol. The lowest BCUT2D eigenvalue weighted by Gasteiger charge is -2.03. The SMILES string of the molecule is Cn1nc(C(=O)NCc2cccc(Cl)c2)cc1NC(=O)c1ccco1. The third-order valence-corrected chi connectivity index (χ3v) is 3.68. The van der Waals surface area contributed by atoms with Crippen molar-refractivity contribution >= 4 is 29.2 Å². The molecule has 0 aliphatic rings. The first-order valence-corrected chi connectivity index (χ1v) is 7.82. The maximum atomic E-state index is 12.2. The highest BCUT2D eigenvalue weighted by Gasteiger charge is 2.16. The molecule has 0 atom stereocenters. The van der Waals surface area contributed by atoms with E-state index in [0.29, 0.717) is 17.4 Å². The van der Waals surface area contributed by atoms with Crippen LogP contribution in [0.4, 0.5) is 5.82 Å². The summed E-state index contributed by atoms with van der Waals surface area (Å²) in [6.07, 6.45) is 1.41. The van der Waals surface area contributed by atoms with Crippen LogP contribution in [0.1, 0.15) is 26.6 Å². The van der Waals surface area contributed by atoms with Crippen LogP contribution in [-0.2, 0) is 13.6 Å². The Morgan fingerprint density at radius 1 is 1.20 bits per heavy atom. The Kier molecular flexibility index (Phi) is 4.85. The Morgan fingerprint density at radius 3 is 2.76 bits per heavy atom. The molecule has 0 aliphatic carbocycles. The molecule has 3 rings (SSSR count). The molecule has 0 aliphatic heterocycles. The van der Waals surface area contributed by atoms with E-state index in [-0.39, 0.29) is 17.4 Å². The van der Waals surface area contributed by atoms with Gasteiger partial charge in [0.1, 0.15) is 5.82 Å². The van der Waals surface area contributed by atoms with E-state index < -0.39 is 5.91 Å². The number of aromatic nitrogens is 2. The molecule has 2 aromatic heterocycles. The highest BCUT2D eigenvalue weighted by atomic mass is 35.5. The fourth-order valence-electron chi connectivity index (χ4n) is 2.20. The van der Waals surface area contributed by atoms with Gasteiger partial charge < -0.3 is 15.1 Å². The van der Waals surface area contributed by atoms with Crippen molar-refractivity contribution in [1.29, 1.82) is 0 Å². The fourth-order valence-corrected chi connectivity index (χ4v) is 2.41. The molecule has 2 N–H and O–H groups in total. The van der Waals surface area contributed by atoms with Crippen molar-refractivity contribution in [3.05, 3.63) is 70.8 Å². The van der Waals surface area contributed by atoms with Crippen molar-refractivity contribution in [2.24, 2.45) is 7.05 Å². The van der Waals surface area contributed by atoms with Gasteiger partial charge in [-0.3, -0.25) is 14.3 Å². The zero-order valence-electron chi connectivity index (χ0n) is 13.3. The third kappa shape index (κ3) is 4.07. The molecule has 0 saturated carbocycles. The Bertz CT molecular complexity index is 903. The fraction of sp³-hybridized carbons (Fsp3) is 0.118. The van der Waals surface area contributed by atoms with Crippen molar-refractivity contribution in [3.8, 4) is 0 Å². The number of amides is 2. The smallest absolute Gasteiger partial charge is 0.292 e. The number of carbonyl (C=O) groups excluding carboxylic acids is 2. The lowest BCUT2D eigenvalue weighted by molar-refractivity contribution is 0.0944. The van der Waals surface area contributed by atoms with Gasteiger partial charge in [-0.2, -0.15) is 5.10 Å². The second-order valence-electron chi connectivity index (χ2n) is 5.28.